The predicted octanol–water partition coefficient (Wildman–Crippen LogP) is 2.22. The molecule has 18 heavy (non-hydrogen) atoms. The Bertz CT molecular complexity index is 460. The van der Waals surface area contributed by atoms with Crippen molar-refractivity contribution in [2.75, 3.05) is 6.54 Å². The Morgan fingerprint density at radius 1 is 1.56 bits per heavy atom. The molecule has 1 aliphatic rings. The van der Waals surface area contributed by atoms with E-state index in [0.717, 1.165) is 12.8 Å². The Kier molecular flexibility index (Phi) is 4.00. The maximum Gasteiger partial charge on any atom is 0.321 e. The van der Waals surface area contributed by atoms with Crippen molar-refractivity contribution in [3.63, 3.8) is 0 Å². The lowest BCUT2D eigenvalue weighted by Crippen LogP contribution is -2.31. The van der Waals surface area contributed by atoms with Crippen molar-refractivity contribution in [2.24, 2.45) is 5.92 Å². The fraction of sp³-hybridized carbons (Fsp3) is 0.545. The van der Waals surface area contributed by atoms with Crippen LogP contribution in [0.5, 0.6) is 0 Å². The molecule has 1 heterocycles. The zero-order valence-corrected chi connectivity index (χ0v) is 11.3. The van der Waals surface area contributed by atoms with E-state index in [9.17, 15) is 14.9 Å². The molecule has 1 saturated carbocycles. The number of carbonyl (C=O) groups excluding carboxylic acids is 1. The lowest BCUT2D eigenvalue weighted by Gasteiger charge is -2.13. The molecular formula is C11H14BrN3O3. The monoisotopic (exact) mass is 315 g/mol. The Morgan fingerprint density at radius 2 is 2.33 bits per heavy atom. The normalized spacial score (nSPS) is 22.9. The molecule has 2 unspecified atom stereocenters. The zero-order chi connectivity index (χ0) is 13.1. The molecule has 2 N–H and O–H groups in total. The average molecular weight is 316 g/mol. The number of aromatic amines is 1. The van der Waals surface area contributed by atoms with Crippen molar-refractivity contribution < 1.29 is 9.72 Å². The number of aromatic nitrogens is 1. The second kappa shape index (κ2) is 5.51. The van der Waals surface area contributed by atoms with Gasteiger partial charge in [0.05, 0.1) is 0 Å². The Morgan fingerprint density at radius 3 is 2.89 bits per heavy atom. The number of hydrogen-bond donors (Lipinski definition) is 2. The molecule has 98 valence electrons. The van der Waals surface area contributed by atoms with Crippen molar-refractivity contribution >= 4 is 27.7 Å². The minimum Gasteiger partial charge on any atom is -0.358 e. The molecule has 1 fully saturated rings. The molecule has 0 radical (unpaired) electrons. The van der Waals surface area contributed by atoms with Crippen LogP contribution in [0.3, 0.4) is 0 Å². The fourth-order valence-corrected chi connectivity index (χ4v) is 2.94. The third kappa shape index (κ3) is 2.90. The summed E-state index contributed by atoms with van der Waals surface area (Å²) in [5.41, 5.74) is 0.228. The van der Waals surface area contributed by atoms with Crippen molar-refractivity contribution in [3.8, 4) is 0 Å². The number of hydrogen-bond acceptors (Lipinski definition) is 3. The average Bonchev–Trinajstić information content (AvgIpc) is 2.94. The number of carbonyl (C=O) groups is 1. The molecule has 7 heteroatoms. The summed E-state index contributed by atoms with van der Waals surface area (Å²) in [6.45, 7) is 0.599. The first-order valence-electron chi connectivity index (χ1n) is 5.83. The molecule has 1 aliphatic carbocycles. The summed E-state index contributed by atoms with van der Waals surface area (Å²) in [7, 11) is 0. The number of nitro groups is 1. The van der Waals surface area contributed by atoms with E-state index < -0.39 is 4.92 Å². The molecule has 6 nitrogen and oxygen atoms in total. The molecular weight excluding hydrogens is 302 g/mol. The van der Waals surface area contributed by atoms with Gasteiger partial charge in [-0.1, -0.05) is 22.4 Å². The van der Waals surface area contributed by atoms with Gasteiger partial charge in [-0.25, -0.2) is 4.98 Å². The van der Waals surface area contributed by atoms with Gasteiger partial charge in [0.15, 0.2) is 5.69 Å². The third-order valence-corrected chi connectivity index (χ3v) is 4.41. The maximum absolute atomic E-state index is 11.8. The summed E-state index contributed by atoms with van der Waals surface area (Å²) in [6.07, 6.45) is 3.40. The smallest absolute Gasteiger partial charge is 0.321 e. The standard InChI is InChI=1S/C11H14BrN3O3/c12-8-3-1-2-7(8)6-13-11(16)9-4-5-10(14-9)15(17)18/h4-5,7-8,14H,1-3,6H2,(H,13,16). The number of halogens is 1. The van der Waals surface area contributed by atoms with Gasteiger partial charge in [0.1, 0.15) is 0 Å². The summed E-state index contributed by atoms with van der Waals surface area (Å²) < 4.78 is 0. The number of amides is 1. The van der Waals surface area contributed by atoms with Crippen LogP contribution in [0.15, 0.2) is 12.1 Å². The van der Waals surface area contributed by atoms with Crippen LogP contribution in [0.4, 0.5) is 5.82 Å². The summed E-state index contributed by atoms with van der Waals surface area (Å²) in [5.74, 6) is -0.0204. The van der Waals surface area contributed by atoms with Gasteiger partial charge in [0, 0.05) is 17.4 Å². The van der Waals surface area contributed by atoms with E-state index in [2.05, 4.69) is 26.2 Å². The molecule has 1 amide bonds. The van der Waals surface area contributed by atoms with Gasteiger partial charge in [-0.2, -0.15) is 0 Å². The number of nitrogens with one attached hydrogen (secondary N) is 2. The topological polar surface area (TPSA) is 88.0 Å². The van der Waals surface area contributed by atoms with Crippen LogP contribution >= 0.6 is 15.9 Å². The molecule has 0 aromatic carbocycles. The molecule has 1 aromatic rings. The number of nitrogens with zero attached hydrogens (tertiary/aromatic N) is 1. The van der Waals surface area contributed by atoms with Crippen LogP contribution in [-0.4, -0.2) is 27.2 Å². The van der Waals surface area contributed by atoms with E-state index in [4.69, 9.17) is 0 Å². The van der Waals surface area contributed by atoms with Crippen molar-refractivity contribution in [3.05, 3.63) is 27.9 Å². The lowest BCUT2D eigenvalue weighted by molar-refractivity contribution is -0.389. The van der Waals surface area contributed by atoms with Crippen molar-refractivity contribution in [1.82, 2.24) is 10.3 Å². The van der Waals surface area contributed by atoms with Gasteiger partial charge in [0.2, 0.25) is 0 Å². The van der Waals surface area contributed by atoms with Gasteiger partial charge in [-0.15, -0.1) is 0 Å². The summed E-state index contributed by atoms with van der Waals surface area (Å²) in [6, 6.07) is 2.71. The quantitative estimate of drug-likeness (QED) is 0.507. The minimum absolute atomic E-state index is 0.167. The van der Waals surface area contributed by atoms with Gasteiger partial charge in [-0.3, -0.25) is 4.79 Å². The van der Waals surface area contributed by atoms with Crippen LogP contribution in [0, 0.1) is 16.0 Å². The first-order valence-corrected chi connectivity index (χ1v) is 6.75. The highest BCUT2D eigenvalue weighted by Gasteiger charge is 2.25. The summed E-state index contributed by atoms with van der Waals surface area (Å²) in [4.78, 5) is 24.6. The second-order valence-electron chi connectivity index (χ2n) is 4.43. The SMILES string of the molecule is O=C(NCC1CCCC1Br)c1ccc([N+](=O)[O-])[nH]1. The van der Waals surface area contributed by atoms with E-state index in [1.807, 2.05) is 0 Å². The van der Waals surface area contributed by atoms with Gasteiger partial charge >= 0.3 is 5.82 Å². The van der Waals surface area contributed by atoms with E-state index in [-0.39, 0.29) is 17.4 Å². The number of H-pyrrole nitrogens is 1. The summed E-state index contributed by atoms with van der Waals surface area (Å²) >= 11 is 3.59. The van der Waals surface area contributed by atoms with Crippen LogP contribution in [0.1, 0.15) is 29.8 Å². The minimum atomic E-state index is -0.553. The van der Waals surface area contributed by atoms with Gasteiger partial charge in [-0.05, 0) is 29.7 Å². The molecule has 0 saturated heterocycles. The third-order valence-electron chi connectivity index (χ3n) is 3.20. The zero-order valence-electron chi connectivity index (χ0n) is 9.69. The first kappa shape index (κ1) is 13.1. The van der Waals surface area contributed by atoms with Gasteiger partial charge in [0.25, 0.3) is 5.91 Å². The predicted molar refractivity (Wildman–Crippen MR) is 69.8 cm³/mol. The fourth-order valence-electron chi connectivity index (χ4n) is 2.16. The van der Waals surface area contributed by atoms with Crippen LogP contribution in [-0.2, 0) is 0 Å². The highest BCUT2D eigenvalue weighted by Crippen LogP contribution is 2.30. The largest absolute Gasteiger partial charge is 0.358 e. The Labute approximate surface area is 112 Å². The Balaban J connectivity index is 1.89. The maximum atomic E-state index is 11.8. The highest BCUT2D eigenvalue weighted by molar-refractivity contribution is 9.09. The highest BCUT2D eigenvalue weighted by atomic mass is 79.9. The summed E-state index contributed by atoms with van der Waals surface area (Å²) in [5, 5.41) is 13.3. The van der Waals surface area contributed by atoms with Crippen molar-refractivity contribution in [2.45, 2.75) is 24.1 Å². The molecule has 0 spiro atoms. The second-order valence-corrected chi connectivity index (χ2v) is 5.61. The van der Waals surface area contributed by atoms with E-state index in [1.165, 1.54) is 18.6 Å². The Hall–Kier alpha value is -1.37. The van der Waals surface area contributed by atoms with Crippen molar-refractivity contribution in [1.29, 1.82) is 0 Å². The molecule has 0 aliphatic heterocycles. The first-order chi connectivity index (χ1) is 8.58. The van der Waals surface area contributed by atoms with Crippen LogP contribution in [0.25, 0.3) is 0 Å². The molecule has 2 atom stereocenters. The van der Waals surface area contributed by atoms with Crippen LogP contribution in [0.2, 0.25) is 0 Å². The van der Waals surface area contributed by atoms with Crippen LogP contribution < -0.4 is 5.32 Å². The molecule has 1 aromatic heterocycles. The van der Waals surface area contributed by atoms with E-state index in [1.54, 1.807) is 0 Å². The van der Waals surface area contributed by atoms with E-state index in [0.29, 0.717) is 17.3 Å². The molecule has 0 bridgehead atoms. The lowest BCUT2D eigenvalue weighted by atomic mass is 10.1. The van der Waals surface area contributed by atoms with E-state index >= 15 is 0 Å². The molecule has 2 rings (SSSR count). The number of rotatable bonds is 4. The number of alkyl halides is 1. The van der Waals surface area contributed by atoms with Gasteiger partial charge < -0.3 is 15.4 Å².